The van der Waals surface area contributed by atoms with Gasteiger partial charge in [-0.25, -0.2) is 0 Å². The van der Waals surface area contributed by atoms with Crippen LogP contribution in [-0.4, -0.2) is 30.4 Å². The molecule has 2 rings (SSSR count). The van der Waals surface area contributed by atoms with E-state index in [1.54, 1.807) is 0 Å². The van der Waals surface area contributed by atoms with E-state index in [1.807, 2.05) is 0 Å². The monoisotopic (exact) mass is 260 g/mol. The molecule has 19 heavy (non-hydrogen) atoms. The third-order valence-corrected chi connectivity index (χ3v) is 3.62. The van der Waals surface area contributed by atoms with Gasteiger partial charge in [-0.15, -0.1) is 0 Å². The van der Waals surface area contributed by atoms with Gasteiger partial charge in [0.15, 0.2) is 0 Å². The van der Waals surface area contributed by atoms with Crippen molar-refractivity contribution in [1.82, 2.24) is 10.2 Å². The summed E-state index contributed by atoms with van der Waals surface area (Å²) in [5.41, 5.74) is 2.79. The quantitative estimate of drug-likeness (QED) is 0.880. The molecule has 1 aromatic rings. The molecule has 0 spiro atoms. The molecular formula is C16H24N2O. The van der Waals surface area contributed by atoms with Crippen molar-refractivity contribution in [1.29, 1.82) is 0 Å². The molecule has 3 nitrogen and oxygen atoms in total. The Morgan fingerprint density at radius 3 is 2.79 bits per heavy atom. The fourth-order valence-electron chi connectivity index (χ4n) is 2.45. The molecule has 0 saturated carbocycles. The van der Waals surface area contributed by atoms with Crippen molar-refractivity contribution in [2.45, 2.75) is 33.2 Å². The molecule has 1 amide bonds. The number of carbonyl (C=O) groups excluding carboxylic acids is 1. The van der Waals surface area contributed by atoms with E-state index in [1.165, 1.54) is 11.1 Å². The van der Waals surface area contributed by atoms with Crippen LogP contribution in [-0.2, 0) is 17.8 Å². The predicted octanol–water partition coefficient (Wildman–Crippen LogP) is 2.21. The van der Waals surface area contributed by atoms with Crippen LogP contribution in [0.15, 0.2) is 24.3 Å². The highest BCUT2D eigenvalue weighted by molar-refractivity contribution is 5.78. The number of carbonyl (C=O) groups is 1. The Labute approximate surface area is 116 Å². The van der Waals surface area contributed by atoms with Crippen LogP contribution in [0.1, 0.15) is 31.4 Å². The van der Waals surface area contributed by atoms with E-state index in [9.17, 15) is 4.79 Å². The molecule has 1 heterocycles. The lowest BCUT2D eigenvalue weighted by molar-refractivity contribution is -0.122. The molecular weight excluding hydrogens is 236 g/mol. The number of hydrogen-bond donors (Lipinski definition) is 1. The van der Waals surface area contributed by atoms with Crippen LogP contribution in [0.3, 0.4) is 0 Å². The minimum atomic E-state index is 0.153. The van der Waals surface area contributed by atoms with Crippen LogP contribution < -0.4 is 5.32 Å². The van der Waals surface area contributed by atoms with Gasteiger partial charge in [-0.2, -0.15) is 0 Å². The zero-order chi connectivity index (χ0) is 13.7. The highest BCUT2D eigenvalue weighted by atomic mass is 16.2. The largest absolute Gasteiger partial charge is 0.355 e. The highest BCUT2D eigenvalue weighted by Crippen LogP contribution is 2.17. The van der Waals surface area contributed by atoms with E-state index in [-0.39, 0.29) is 5.91 Å². The average Bonchev–Trinajstić information content (AvgIpc) is 2.38. The molecule has 1 N–H and O–H groups in total. The molecule has 3 heteroatoms. The van der Waals surface area contributed by atoms with Crippen molar-refractivity contribution in [3.63, 3.8) is 0 Å². The molecule has 0 aromatic heterocycles. The fourth-order valence-corrected chi connectivity index (χ4v) is 2.45. The zero-order valence-electron chi connectivity index (χ0n) is 12.0. The van der Waals surface area contributed by atoms with E-state index >= 15 is 0 Å². The van der Waals surface area contributed by atoms with E-state index in [2.05, 4.69) is 48.3 Å². The smallest absolute Gasteiger partial charge is 0.234 e. The lowest BCUT2D eigenvalue weighted by Gasteiger charge is -2.28. The topological polar surface area (TPSA) is 32.3 Å². The van der Waals surface area contributed by atoms with Crippen molar-refractivity contribution >= 4 is 5.91 Å². The van der Waals surface area contributed by atoms with Gasteiger partial charge in [-0.05, 0) is 29.9 Å². The van der Waals surface area contributed by atoms with Crippen LogP contribution in [0.5, 0.6) is 0 Å². The van der Waals surface area contributed by atoms with Gasteiger partial charge in [-0.1, -0.05) is 38.1 Å². The Morgan fingerprint density at radius 2 is 2.05 bits per heavy atom. The molecule has 1 aromatic carbocycles. The Bertz CT molecular complexity index is 429. The maximum Gasteiger partial charge on any atom is 0.234 e. The number of hydrogen-bond acceptors (Lipinski definition) is 2. The Balaban J connectivity index is 1.77. The fraction of sp³-hybridized carbons (Fsp3) is 0.562. The summed E-state index contributed by atoms with van der Waals surface area (Å²) in [6, 6.07) is 8.52. The number of nitrogens with one attached hydrogen (secondary N) is 1. The third-order valence-electron chi connectivity index (χ3n) is 3.62. The van der Waals surface area contributed by atoms with E-state index < -0.39 is 0 Å². The second kappa shape index (κ2) is 6.71. The molecule has 0 fully saturated rings. The predicted molar refractivity (Wildman–Crippen MR) is 77.9 cm³/mol. The first-order chi connectivity index (χ1) is 9.15. The highest BCUT2D eigenvalue weighted by Gasteiger charge is 2.17. The van der Waals surface area contributed by atoms with Crippen LogP contribution >= 0.6 is 0 Å². The minimum Gasteiger partial charge on any atom is -0.355 e. The van der Waals surface area contributed by atoms with Gasteiger partial charge in [0, 0.05) is 19.6 Å². The van der Waals surface area contributed by atoms with Crippen molar-refractivity contribution in [2.24, 2.45) is 5.92 Å². The Kier molecular flexibility index (Phi) is 4.97. The summed E-state index contributed by atoms with van der Waals surface area (Å²) in [6.07, 6.45) is 2.10. The number of fused-ring (bicyclic) bond motifs is 1. The molecule has 0 unspecified atom stereocenters. The summed E-state index contributed by atoms with van der Waals surface area (Å²) in [6.45, 7) is 7.54. The second-order valence-corrected chi connectivity index (χ2v) is 5.76. The summed E-state index contributed by atoms with van der Waals surface area (Å²) in [7, 11) is 0. The van der Waals surface area contributed by atoms with E-state index in [4.69, 9.17) is 0 Å². The van der Waals surface area contributed by atoms with Gasteiger partial charge in [0.25, 0.3) is 0 Å². The number of benzene rings is 1. The molecule has 104 valence electrons. The lowest BCUT2D eigenvalue weighted by Crippen LogP contribution is -2.40. The molecule has 1 aliphatic rings. The first-order valence-electron chi connectivity index (χ1n) is 7.21. The van der Waals surface area contributed by atoms with E-state index in [0.717, 1.165) is 32.5 Å². The van der Waals surface area contributed by atoms with Crippen molar-refractivity contribution < 1.29 is 4.79 Å². The van der Waals surface area contributed by atoms with Gasteiger partial charge >= 0.3 is 0 Å². The summed E-state index contributed by atoms with van der Waals surface area (Å²) >= 11 is 0. The average molecular weight is 260 g/mol. The maximum absolute atomic E-state index is 11.9. The first-order valence-corrected chi connectivity index (χ1v) is 7.21. The molecule has 0 radical (unpaired) electrons. The maximum atomic E-state index is 11.9. The van der Waals surface area contributed by atoms with Crippen LogP contribution in [0, 0.1) is 5.92 Å². The normalized spacial score (nSPS) is 15.3. The van der Waals surface area contributed by atoms with Crippen LogP contribution in [0.4, 0.5) is 0 Å². The number of amides is 1. The molecule has 1 aliphatic heterocycles. The van der Waals surface area contributed by atoms with Gasteiger partial charge in [0.2, 0.25) is 5.91 Å². The summed E-state index contributed by atoms with van der Waals surface area (Å²) < 4.78 is 0. The Hall–Kier alpha value is -1.35. The van der Waals surface area contributed by atoms with Crippen molar-refractivity contribution in [3.8, 4) is 0 Å². The summed E-state index contributed by atoms with van der Waals surface area (Å²) in [5.74, 6) is 0.794. The third kappa shape index (κ3) is 4.35. The van der Waals surface area contributed by atoms with Gasteiger partial charge < -0.3 is 5.32 Å². The SMILES string of the molecule is CC(C)CCNC(=O)CN1CCc2ccccc2C1. The minimum absolute atomic E-state index is 0.153. The molecule has 0 atom stereocenters. The van der Waals surface area contributed by atoms with E-state index in [0.29, 0.717) is 12.5 Å². The Morgan fingerprint density at radius 1 is 1.32 bits per heavy atom. The van der Waals surface area contributed by atoms with Gasteiger partial charge in [0.1, 0.15) is 0 Å². The molecule has 0 saturated heterocycles. The number of rotatable bonds is 5. The van der Waals surface area contributed by atoms with Crippen LogP contribution in [0.2, 0.25) is 0 Å². The van der Waals surface area contributed by atoms with Crippen molar-refractivity contribution in [2.75, 3.05) is 19.6 Å². The molecule has 0 bridgehead atoms. The summed E-state index contributed by atoms with van der Waals surface area (Å²) in [5, 5.41) is 3.00. The summed E-state index contributed by atoms with van der Waals surface area (Å²) in [4.78, 5) is 14.1. The van der Waals surface area contributed by atoms with Crippen LogP contribution in [0.25, 0.3) is 0 Å². The first kappa shape index (κ1) is 14.1. The number of nitrogens with zero attached hydrogens (tertiary/aromatic N) is 1. The van der Waals surface area contributed by atoms with Gasteiger partial charge in [-0.3, -0.25) is 9.69 Å². The second-order valence-electron chi connectivity index (χ2n) is 5.76. The zero-order valence-corrected chi connectivity index (χ0v) is 12.0. The van der Waals surface area contributed by atoms with Gasteiger partial charge in [0.05, 0.1) is 6.54 Å². The van der Waals surface area contributed by atoms with Crippen molar-refractivity contribution in [3.05, 3.63) is 35.4 Å². The standard InChI is InChI=1S/C16H24N2O/c1-13(2)7-9-17-16(19)12-18-10-8-14-5-3-4-6-15(14)11-18/h3-6,13H,7-12H2,1-2H3,(H,17,19). The lowest BCUT2D eigenvalue weighted by atomic mass is 10.00. The molecule has 0 aliphatic carbocycles.